The largest absolute Gasteiger partial charge is 0.358 e. The number of nitrogens with zero attached hydrogens (tertiary/aromatic N) is 2. The summed E-state index contributed by atoms with van der Waals surface area (Å²) < 4.78 is 0.632. The van der Waals surface area contributed by atoms with Crippen LogP contribution in [0.15, 0.2) is 22.8 Å². The second kappa shape index (κ2) is 7.10. The van der Waals surface area contributed by atoms with Gasteiger partial charge in [-0.2, -0.15) is 0 Å². The minimum atomic E-state index is -0.243. The molecule has 0 spiro atoms. The molecule has 1 heterocycles. The van der Waals surface area contributed by atoms with Crippen molar-refractivity contribution in [3.63, 3.8) is 0 Å². The fraction of sp³-hybridized carbons (Fsp3) is 0.417. The highest BCUT2D eigenvalue weighted by molar-refractivity contribution is 9.10. The Morgan fingerprint density at radius 1 is 1.50 bits per heavy atom. The van der Waals surface area contributed by atoms with E-state index in [9.17, 15) is 9.59 Å². The predicted octanol–water partition coefficient (Wildman–Crippen LogP) is 1.44. The molecule has 0 saturated carbocycles. The number of carbonyl (C=O) groups is 2. The normalized spacial score (nSPS) is 9.94. The average Bonchev–Trinajstić information content (AvgIpc) is 2.38. The molecule has 18 heavy (non-hydrogen) atoms. The number of amides is 2. The highest BCUT2D eigenvalue weighted by Crippen LogP contribution is 2.15. The summed E-state index contributed by atoms with van der Waals surface area (Å²) >= 11 is 3.29. The summed E-state index contributed by atoms with van der Waals surface area (Å²) in [6.07, 6.45) is 2.34. The van der Waals surface area contributed by atoms with Gasteiger partial charge >= 0.3 is 0 Å². The van der Waals surface area contributed by atoms with Crippen LogP contribution in [-0.2, 0) is 4.79 Å². The Morgan fingerprint density at radius 2 is 2.22 bits per heavy atom. The van der Waals surface area contributed by atoms with Crippen LogP contribution in [0.1, 0.15) is 23.8 Å². The van der Waals surface area contributed by atoms with Crippen LogP contribution in [0, 0.1) is 0 Å². The number of rotatable bonds is 5. The first-order valence-corrected chi connectivity index (χ1v) is 6.49. The molecule has 1 aromatic rings. The van der Waals surface area contributed by atoms with Crippen molar-refractivity contribution in [1.29, 1.82) is 0 Å². The van der Waals surface area contributed by atoms with Crippen LogP contribution in [0.4, 0.5) is 0 Å². The fourth-order valence-corrected chi connectivity index (χ4v) is 1.89. The SMILES string of the molecule is CCCN(CC(=O)NC)C(=O)c1ncccc1Br. The Kier molecular flexibility index (Phi) is 5.77. The van der Waals surface area contributed by atoms with Gasteiger partial charge in [0.1, 0.15) is 5.69 Å². The van der Waals surface area contributed by atoms with Crippen molar-refractivity contribution in [2.75, 3.05) is 20.1 Å². The van der Waals surface area contributed by atoms with Gasteiger partial charge in [0.2, 0.25) is 5.91 Å². The van der Waals surface area contributed by atoms with Gasteiger partial charge in [-0.3, -0.25) is 9.59 Å². The van der Waals surface area contributed by atoms with E-state index < -0.39 is 0 Å². The third-order valence-electron chi connectivity index (χ3n) is 2.36. The summed E-state index contributed by atoms with van der Waals surface area (Å²) in [6.45, 7) is 2.53. The lowest BCUT2D eigenvalue weighted by atomic mass is 10.3. The number of hydrogen-bond donors (Lipinski definition) is 1. The first kappa shape index (κ1) is 14.6. The first-order chi connectivity index (χ1) is 8.60. The Labute approximate surface area is 115 Å². The van der Waals surface area contributed by atoms with Gasteiger partial charge in [-0.1, -0.05) is 6.92 Å². The van der Waals surface area contributed by atoms with Gasteiger partial charge in [-0.25, -0.2) is 4.98 Å². The number of nitrogens with one attached hydrogen (secondary N) is 1. The van der Waals surface area contributed by atoms with E-state index in [0.717, 1.165) is 6.42 Å². The summed E-state index contributed by atoms with van der Waals surface area (Å²) in [7, 11) is 1.55. The minimum absolute atomic E-state index is 0.0478. The van der Waals surface area contributed by atoms with E-state index in [-0.39, 0.29) is 18.4 Å². The lowest BCUT2D eigenvalue weighted by molar-refractivity contribution is -0.121. The Bertz CT molecular complexity index is 437. The fourth-order valence-electron chi connectivity index (χ4n) is 1.47. The van der Waals surface area contributed by atoms with Gasteiger partial charge in [0.25, 0.3) is 5.91 Å². The van der Waals surface area contributed by atoms with Gasteiger partial charge in [0, 0.05) is 24.3 Å². The molecular formula is C12H16BrN3O2. The summed E-state index contributed by atoms with van der Waals surface area (Å²) in [5.41, 5.74) is 0.329. The standard InChI is InChI=1S/C12H16BrN3O2/c1-3-7-16(8-10(17)14-2)12(18)11-9(13)5-4-6-15-11/h4-6H,3,7-8H2,1-2H3,(H,14,17). The Balaban J connectivity index is 2.89. The Morgan fingerprint density at radius 3 is 2.78 bits per heavy atom. The van der Waals surface area contributed by atoms with Crippen LogP contribution in [0.25, 0.3) is 0 Å². The molecule has 1 aromatic heterocycles. The van der Waals surface area contributed by atoms with E-state index in [4.69, 9.17) is 0 Å². The quantitative estimate of drug-likeness (QED) is 0.894. The Hall–Kier alpha value is -1.43. The molecule has 0 atom stereocenters. The topological polar surface area (TPSA) is 62.3 Å². The van der Waals surface area contributed by atoms with Crippen LogP contribution in [0.2, 0.25) is 0 Å². The first-order valence-electron chi connectivity index (χ1n) is 5.70. The minimum Gasteiger partial charge on any atom is -0.358 e. The van der Waals surface area contributed by atoms with Crippen LogP contribution in [0.5, 0.6) is 0 Å². The summed E-state index contributed by atoms with van der Waals surface area (Å²) in [4.78, 5) is 29.2. The zero-order valence-electron chi connectivity index (χ0n) is 10.4. The second-order valence-electron chi connectivity index (χ2n) is 3.73. The van der Waals surface area contributed by atoms with Crippen LogP contribution in [0.3, 0.4) is 0 Å². The van der Waals surface area contributed by atoms with Crippen molar-refractivity contribution in [2.45, 2.75) is 13.3 Å². The number of halogens is 1. The molecule has 1 N–H and O–H groups in total. The van der Waals surface area contributed by atoms with Gasteiger partial charge in [-0.05, 0) is 34.5 Å². The van der Waals surface area contributed by atoms with Crippen molar-refractivity contribution >= 4 is 27.7 Å². The van der Waals surface area contributed by atoms with E-state index in [0.29, 0.717) is 16.7 Å². The van der Waals surface area contributed by atoms with Crippen LogP contribution >= 0.6 is 15.9 Å². The van der Waals surface area contributed by atoms with Gasteiger partial charge in [0.05, 0.1) is 6.54 Å². The van der Waals surface area contributed by atoms with Gasteiger partial charge < -0.3 is 10.2 Å². The molecule has 1 rings (SSSR count). The third-order valence-corrected chi connectivity index (χ3v) is 2.99. The maximum atomic E-state index is 12.3. The molecule has 0 aromatic carbocycles. The zero-order chi connectivity index (χ0) is 13.5. The summed E-state index contributed by atoms with van der Waals surface area (Å²) in [6, 6.07) is 3.49. The summed E-state index contributed by atoms with van der Waals surface area (Å²) in [5, 5.41) is 2.51. The number of aromatic nitrogens is 1. The molecule has 0 aliphatic carbocycles. The van der Waals surface area contributed by atoms with E-state index in [1.807, 2.05) is 6.92 Å². The molecule has 2 amide bonds. The number of likely N-dealkylation sites (N-methyl/N-ethyl adjacent to an activating group) is 1. The van der Waals surface area contributed by atoms with Gasteiger partial charge in [-0.15, -0.1) is 0 Å². The van der Waals surface area contributed by atoms with Crippen molar-refractivity contribution in [1.82, 2.24) is 15.2 Å². The molecule has 6 heteroatoms. The van der Waals surface area contributed by atoms with E-state index in [1.54, 1.807) is 25.4 Å². The third kappa shape index (κ3) is 3.80. The number of pyridine rings is 1. The maximum absolute atomic E-state index is 12.3. The van der Waals surface area contributed by atoms with Crippen LogP contribution in [-0.4, -0.2) is 41.8 Å². The van der Waals surface area contributed by atoms with Crippen molar-refractivity contribution in [3.05, 3.63) is 28.5 Å². The second-order valence-corrected chi connectivity index (χ2v) is 4.59. The average molecular weight is 314 g/mol. The highest BCUT2D eigenvalue weighted by Gasteiger charge is 2.20. The van der Waals surface area contributed by atoms with Crippen molar-refractivity contribution in [3.8, 4) is 0 Å². The van der Waals surface area contributed by atoms with E-state index in [2.05, 4.69) is 26.2 Å². The van der Waals surface area contributed by atoms with Crippen molar-refractivity contribution < 1.29 is 9.59 Å². The summed E-state index contributed by atoms with van der Waals surface area (Å²) in [5.74, 6) is -0.434. The lowest BCUT2D eigenvalue weighted by Gasteiger charge is -2.21. The molecule has 5 nitrogen and oxygen atoms in total. The smallest absolute Gasteiger partial charge is 0.274 e. The molecule has 0 unspecified atom stereocenters. The monoisotopic (exact) mass is 313 g/mol. The molecule has 98 valence electrons. The zero-order valence-corrected chi connectivity index (χ0v) is 12.0. The molecular weight excluding hydrogens is 298 g/mol. The van der Waals surface area contributed by atoms with E-state index >= 15 is 0 Å². The number of carbonyl (C=O) groups excluding carboxylic acids is 2. The maximum Gasteiger partial charge on any atom is 0.274 e. The molecule has 0 saturated heterocycles. The highest BCUT2D eigenvalue weighted by atomic mass is 79.9. The van der Waals surface area contributed by atoms with Gasteiger partial charge in [0.15, 0.2) is 0 Å². The molecule has 0 fully saturated rings. The molecule has 0 bridgehead atoms. The van der Waals surface area contributed by atoms with Crippen LogP contribution < -0.4 is 5.32 Å². The molecule has 0 radical (unpaired) electrons. The molecule has 0 aliphatic rings. The predicted molar refractivity (Wildman–Crippen MR) is 72.2 cm³/mol. The molecule has 0 aliphatic heterocycles. The number of hydrogen-bond acceptors (Lipinski definition) is 3. The van der Waals surface area contributed by atoms with Crippen molar-refractivity contribution in [2.24, 2.45) is 0 Å². The lowest BCUT2D eigenvalue weighted by Crippen LogP contribution is -2.40. The van der Waals surface area contributed by atoms with E-state index in [1.165, 1.54) is 4.90 Å².